The molecular weight excluding hydrogens is 342 g/mol. The molecule has 2 heterocycles. The Kier molecular flexibility index (Phi) is 10.6. The molecule has 2 aromatic heterocycles. The average Bonchev–Trinajstić information content (AvgIpc) is 3.14. The number of hydrogen-bond acceptors (Lipinski definition) is 5. The van der Waals surface area contributed by atoms with Gasteiger partial charge in [0.1, 0.15) is 6.73 Å². The van der Waals surface area contributed by atoms with Gasteiger partial charge in [-0.3, -0.25) is 9.78 Å². The first kappa shape index (κ1) is 21.4. The van der Waals surface area contributed by atoms with E-state index in [2.05, 4.69) is 32.2 Å². The fourth-order valence-electron chi connectivity index (χ4n) is 3.16. The second kappa shape index (κ2) is 13.3. The first-order valence-electron chi connectivity index (χ1n) is 10.6. The van der Waals surface area contributed by atoms with Crippen LogP contribution in [0.5, 0.6) is 0 Å². The van der Waals surface area contributed by atoms with Crippen molar-refractivity contribution in [3.05, 3.63) is 16.7 Å². The van der Waals surface area contributed by atoms with Crippen molar-refractivity contribution in [2.45, 2.75) is 84.0 Å². The second-order valence-electron chi connectivity index (χ2n) is 7.13. The van der Waals surface area contributed by atoms with Gasteiger partial charge in [0.25, 0.3) is 5.56 Å². The van der Waals surface area contributed by atoms with Gasteiger partial charge in [0.05, 0.1) is 6.33 Å². The number of imidazole rings is 1. The highest BCUT2D eigenvalue weighted by molar-refractivity contribution is 5.69. The summed E-state index contributed by atoms with van der Waals surface area (Å²) in [4.78, 5) is 25.4. The molecule has 2 aromatic rings. The molecule has 0 aromatic carbocycles. The van der Waals surface area contributed by atoms with Crippen molar-refractivity contribution in [1.82, 2.24) is 19.9 Å². The molecule has 2 rings (SSSR count). The van der Waals surface area contributed by atoms with Gasteiger partial charge in [-0.05, 0) is 6.42 Å². The van der Waals surface area contributed by atoms with Crippen molar-refractivity contribution in [3.63, 3.8) is 0 Å². The van der Waals surface area contributed by atoms with Gasteiger partial charge in [0.2, 0.25) is 5.95 Å². The van der Waals surface area contributed by atoms with Crippen LogP contribution in [0.3, 0.4) is 0 Å². The van der Waals surface area contributed by atoms with E-state index in [9.17, 15) is 4.79 Å². The number of fused-ring (bicyclic) bond motifs is 1. The molecule has 0 fully saturated rings. The van der Waals surface area contributed by atoms with Crippen LogP contribution in [0.15, 0.2) is 11.1 Å². The Labute approximate surface area is 161 Å². The van der Waals surface area contributed by atoms with Crippen LogP contribution in [0.25, 0.3) is 11.2 Å². The Balaban J connectivity index is 1.39. The molecule has 0 aliphatic carbocycles. The SMILES string of the molecule is CCCCCCCCCCCCCCOCNc1nc2nc[nH]c2c(=O)[nH]1. The normalized spacial score (nSPS) is 11.3. The van der Waals surface area contributed by atoms with E-state index >= 15 is 0 Å². The number of anilines is 1. The summed E-state index contributed by atoms with van der Waals surface area (Å²) in [6.45, 7) is 3.32. The van der Waals surface area contributed by atoms with Gasteiger partial charge in [-0.2, -0.15) is 4.98 Å². The summed E-state index contributed by atoms with van der Waals surface area (Å²) in [5.41, 5.74) is 0.557. The van der Waals surface area contributed by atoms with Crippen molar-refractivity contribution in [2.24, 2.45) is 0 Å². The molecule has 7 nitrogen and oxygen atoms in total. The molecule has 0 spiro atoms. The Morgan fingerprint density at radius 2 is 1.59 bits per heavy atom. The van der Waals surface area contributed by atoms with Crippen LogP contribution in [0.2, 0.25) is 0 Å². The monoisotopic (exact) mass is 377 g/mol. The van der Waals surface area contributed by atoms with Gasteiger partial charge >= 0.3 is 0 Å². The van der Waals surface area contributed by atoms with Gasteiger partial charge in [-0.15, -0.1) is 0 Å². The maximum atomic E-state index is 11.8. The third kappa shape index (κ3) is 8.56. The summed E-state index contributed by atoms with van der Waals surface area (Å²) in [6, 6.07) is 0. The maximum absolute atomic E-state index is 11.8. The van der Waals surface area contributed by atoms with Gasteiger partial charge in [-0.1, -0.05) is 77.6 Å². The summed E-state index contributed by atoms with van der Waals surface area (Å²) in [5, 5.41) is 2.97. The molecule has 0 unspecified atom stereocenters. The zero-order valence-electron chi connectivity index (χ0n) is 16.7. The highest BCUT2D eigenvalue weighted by Crippen LogP contribution is 2.12. The predicted octanol–water partition coefficient (Wildman–Crippen LogP) is 4.73. The molecule has 0 saturated carbocycles. The van der Waals surface area contributed by atoms with Gasteiger partial charge in [0, 0.05) is 6.61 Å². The molecule has 0 atom stereocenters. The van der Waals surface area contributed by atoms with Crippen LogP contribution >= 0.6 is 0 Å². The summed E-state index contributed by atoms with van der Waals surface area (Å²) in [5.74, 6) is 0.384. The standard InChI is InChI=1S/C20H35N5O2/c1-2-3-4-5-6-7-8-9-10-11-12-13-14-27-16-23-20-24-18-17(19(26)25-20)21-15-22-18/h15H,2-14,16H2,1H3,(H3,21,22,23,24,25,26). The lowest BCUT2D eigenvalue weighted by Crippen LogP contribution is -2.15. The lowest BCUT2D eigenvalue weighted by atomic mass is 10.1. The summed E-state index contributed by atoms with van der Waals surface area (Å²) < 4.78 is 5.56. The third-order valence-corrected chi connectivity index (χ3v) is 4.78. The summed E-state index contributed by atoms with van der Waals surface area (Å²) in [6.07, 6.45) is 17.5. The lowest BCUT2D eigenvalue weighted by molar-refractivity contribution is 0.147. The number of ether oxygens (including phenoxy) is 1. The number of nitrogens with one attached hydrogen (secondary N) is 3. The smallest absolute Gasteiger partial charge is 0.278 e. The van der Waals surface area contributed by atoms with Crippen LogP contribution in [-0.4, -0.2) is 33.3 Å². The first-order chi connectivity index (χ1) is 13.3. The van der Waals surface area contributed by atoms with Gasteiger partial charge in [0.15, 0.2) is 11.2 Å². The average molecular weight is 378 g/mol. The quantitative estimate of drug-likeness (QED) is 0.290. The largest absolute Gasteiger partial charge is 0.361 e. The Hall–Kier alpha value is -1.89. The zero-order valence-corrected chi connectivity index (χ0v) is 16.7. The highest BCUT2D eigenvalue weighted by Gasteiger charge is 2.04. The minimum Gasteiger partial charge on any atom is -0.361 e. The Bertz CT molecular complexity index is 682. The minimum atomic E-state index is -0.235. The number of rotatable bonds is 16. The highest BCUT2D eigenvalue weighted by atomic mass is 16.5. The van der Waals surface area contributed by atoms with E-state index in [-0.39, 0.29) is 5.56 Å². The molecule has 0 radical (unpaired) electrons. The Morgan fingerprint density at radius 3 is 2.26 bits per heavy atom. The first-order valence-corrected chi connectivity index (χ1v) is 10.6. The van der Waals surface area contributed by atoms with Crippen LogP contribution in [0.1, 0.15) is 84.0 Å². The topological polar surface area (TPSA) is 95.7 Å². The van der Waals surface area contributed by atoms with E-state index in [0.717, 1.165) is 13.0 Å². The number of H-pyrrole nitrogens is 2. The maximum Gasteiger partial charge on any atom is 0.278 e. The van der Waals surface area contributed by atoms with Crippen LogP contribution in [0.4, 0.5) is 5.95 Å². The van der Waals surface area contributed by atoms with Crippen molar-refractivity contribution in [3.8, 4) is 0 Å². The van der Waals surface area contributed by atoms with Crippen molar-refractivity contribution >= 4 is 17.1 Å². The Morgan fingerprint density at radius 1 is 0.963 bits per heavy atom. The third-order valence-electron chi connectivity index (χ3n) is 4.78. The van der Waals surface area contributed by atoms with Crippen molar-refractivity contribution < 1.29 is 4.74 Å². The van der Waals surface area contributed by atoms with Crippen molar-refractivity contribution in [2.75, 3.05) is 18.7 Å². The van der Waals surface area contributed by atoms with E-state index in [4.69, 9.17) is 4.74 Å². The summed E-state index contributed by atoms with van der Waals surface area (Å²) >= 11 is 0. The molecule has 0 amide bonds. The van der Waals surface area contributed by atoms with Crippen LogP contribution in [0, 0.1) is 0 Å². The fraction of sp³-hybridized carbons (Fsp3) is 0.750. The zero-order chi connectivity index (χ0) is 19.2. The van der Waals surface area contributed by atoms with E-state index < -0.39 is 0 Å². The van der Waals surface area contributed by atoms with E-state index in [1.54, 1.807) is 0 Å². The van der Waals surface area contributed by atoms with E-state index in [1.807, 2.05) is 0 Å². The minimum absolute atomic E-state index is 0.235. The molecule has 0 saturated heterocycles. The number of aromatic amines is 2. The van der Waals surface area contributed by atoms with Crippen molar-refractivity contribution in [1.29, 1.82) is 0 Å². The number of hydrogen-bond donors (Lipinski definition) is 3. The van der Waals surface area contributed by atoms with Gasteiger partial charge < -0.3 is 15.0 Å². The molecular formula is C20H35N5O2. The van der Waals surface area contributed by atoms with E-state index in [1.165, 1.54) is 77.0 Å². The van der Waals surface area contributed by atoms with Crippen LogP contribution in [-0.2, 0) is 4.74 Å². The van der Waals surface area contributed by atoms with Gasteiger partial charge in [-0.25, -0.2) is 4.98 Å². The molecule has 3 N–H and O–H groups in total. The van der Waals surface area contributed by atoms with Crippen LogP contribution < -0.4 is 10.9 Å². The summed E-state index contributed by atoms with van der Waals surface area (Å²) in [7, 11) is 0. The van der Waals surface area contributed by atoms with E-state index in [0.29, 0.717) is 23.8 Å². The molecule has 0 aliphatic heterocycles. The molecule has 7 heteroatoms. The lowest BCUT2D eigenvalue weighted by Gasteiger charge is -2.06. The number of unbranched alkanes of at least 4 members (excludes halogenated alkanes) is 11. The number of nitrogens with zero attached hydrogens (tertiary/aromatic N) is 2. The number of aromatic nitrogens is 4. The molecule has 27 heavy (non-hydrogen) atoms. The molecule has 0 bridgehead atoms. The predicted molar refractivity (Wildman–Crippen MR) is 110 cm³/mol. The fourth-order valence-corrected chi connectivity index (χ4v) is 3.16. The second-order valence-corrected chi connectivity index (χ2v) is 7.13. The molecule has 152 valence electrons. The molecule has 0 aliphatic rings.